The topological polar surface area (TPSA) is 155 Å². The molecular weight excluding hydrogens is 436 g/mol. The summed E-state index contributed by atoms with van der Waals surface area (Å²) in [6.07, 6.45) is 2.12. The van der Waals surface area contributed by atoms with E-state index in [-0.39, 0.29) is 11.7 Å². The summed E-state index contributed by atoms with van der Waals surface area (Å²) in [6, 6.07) is 14.1. The Bertz CT molecular complexity index is 1460. The summed E-state index contributed by atoms with van der Waals surface area (Å²) < 4.78 is 5.36. The van der Waals surface area contributed by atoms with Crippen LogP contribution in [0.15, 0.2) is 54.7 Å². The van der Waals surface area contributed by atoms with Gasteiger partial charge in [-0.05, 0) is 48.0 Å². The number of rotatable bonds is 7. The zero-order chi connectivity index (χ0) is 23.5. The number of aromatic nitrogens is 7. The van der Waals surface area contributed by atoms with Crippen molar-refractivity contribution in [3.8, 4) is 34.1 Å². The fraction of sp³-hybridized carbons (Fsp3) is 0.130. The molecule has 0 aliphatic heterocycles. The normalized spacial score (nSPS) is 11.0. The molecule has 4 N–H and O–H groups in total. The van der Waals surface area contributed by atoms with Crippen molar-refractivity contribution in [2.75, 3.05) is 13.7 Å². The van der Waals surface area contributed by atoms with Crippen LogP contribution in [0.4, 0.5) is 0 Å². The number of H-pyrrole nitrogens is 2. The lowest BCUT2D eigenvalue weighted by Gasteiger charge is -2.09. The summed E-state index contributed by atoms with van der Waals surface area (Å²) in [5, 5.41) is 26.9. The highest BCUT2D eigenvalue weighted by molar-refractivity contribution is 5.97. The second kappa shape index (κ2) is 8.98. The van der Waals surface area contributed by atoms with Gasteiger partial charge in [-0.15, -0.1) is 10.2 Å². The number of ether oxygens (including phenoxy) is 1. The quantitative estimate of drug-likeness (QED) is 0.291. The Balaban J connectivity index is 1.41. The fourth-order valence-electron chi connectivity index (χ4n) is 3.62. The Morgan fingerprint density at radius 1 is 1.15 bits per heavy atom. The molecule has 11 heteroatoms. The highest BCUT2D eigenvalue weighted by atomic mass is 16.5. The number of carbonyl (C=O) groups excluding carboxylic acids is 1. The summed E-state index contributed by atoms with van der Waals surface area (Å²) >= 11 is 0. The Kier molecular flexibility index (Phi) is 5.56. The van der Waals surface area contributed by atoms with Crippen molar-refractivity contribution in [1.29, 1.82) is 0 Å². The molecule has 0 bridgehead atoms. The molecule has 5 rings (SSSR count). The Morgan fingerprint density at radius 3 is 2.88 bits per heavy atom. The number of benzene rings is 2. The summed E-state index contributed by atoms with van der Waals surface area (Å²) in [7, 11) is 1.56. The predicted molar refractivity (Wildman–Crippen MR) is 123 cm³/mol. The molecule has 11 nitrogen and oxygen atoms in total. The number of carbonyl (C=O) groups is 1. The van der Waals surface area contributed by atoms with Crippen LogP contribution in [-0.4, -0.2) is 60.2 Å². The molecular formula is C23H20N8O3. The van der Waals surface area contributed by atoms with Crippen molar-refractivity contribution < 1.29 is 14.6 Å². The lowest BCUT2D eigenvalue weighted by atomic mass is 10.0. The Morgan fingerprint density at radius 2 is 2.06 bits per heavy atom. The lowest BCUT2D eigenvalue weighted by molar-refractivity contribution is 0.0954. The van der Waals surface area contributed by atoms with E-state index in [1.165, 1.54) is 0 Å². The molecule has 0 fully saturated rings. The van der Waals surface area contributed by atoms with E-state index in [1.807, 2.05) is 18.2 Å². The van der Waals surface area contributed by atoms with E-state index < -0.39 is 0 Å². The first-order valence-electron chi connectivity index (χ1n) is 10.5. The highest BCUT2D eigenvalue weighted by Gasteiger charge is 2.15. The number of pyridine rings is 1. The second-order valence-electron chi connectivity index (χ2n) is 7.44. The van der Waals surface area contributed by atoms with Crippen LogP contribution in [0, 0.1) is 0 Å². The van der Waals surface area contributed by atoms with Crippen molar-refractivity contribution in [2.24, 2.45) is 0 Å². The molecule has 0 unspecified atom stereocenters. The third kappa shape index (κ3) is 4.13. The van der Waals surface area contributed by atoms with Crippen molar-refractivity contribution in [3.63, 3.8) is 0 Å². The van der Waals surface area contributed by atoms with Gasteiger partial charge >= 0.3 is 0 Å². The van der Waals surface area contributed by atoms with E-state index >= 15 is 0 Å². The van der Waals surface area contributed by atoms with E-state index in [1.54, 1.807) is 43.6 Å². The monoisotopic (exact) mass is 456 g/mol. The largest absolute Gasteiger partial charge is 0.507 e. The number of tetrazole rings is 1. The molecule has 0 saturated heterocycles. The smallest absolute Gasteiger partial charge is 0.251 e. The number of imidazole rings is 1. The van der Waals surface area contributed by atoms with E-state index in [9.17, 15) is 9.90 Å². The highest BCUT2D eigenvalue weighted by Crippen LogP contribution is 2.35. The minimum atomic E-state index is -0.227. The number of phenols is 1. The van der Waals surface area contributed by atoms with Crippen LogP contribution in [0.1, 0.15) is 16.2 Å². The van der Waals surface area contributed by atoms with Crippen LogP contribution in [0.2, 0.25) is 0 Å². The number of nitrogens with one attached hydrogen (secondary N) is 3. The summed E-state index contributed by atoms with van der Waals surface area (Å²) in [6.45, 7) is 0.378. The molecule has 1 amide bonds. The second-order valence-corrected chi connectivity index (χ2v) is 7.44. The molecule has 2 aromatic carbocycles. The van der Waals surface area contributed by atoms with E-state index in [0.717, 1.165) is 11.1 Å². The molecule has 170 valence electrons. The third-order valence-corrected chi connectivity index (χ3v) is 5.29. The molecule has 5 aromatic rings. The average molecular weight is 456 g/mol. The Labute approximate surface area is 193 Å². The van der Waals surface area contributed by atoms with Gasteiger partial charge in [-0.3, -0.25) is 4.79 Å². The van der Waals surface area contributed by atoms with Crippen LogP contribution in [0.3, 0.4) is 0 Å². The molecule has 0 radical (unpaired) electrons. The first kappa shape index (κ1) is 21.1. The van der Waals surface area contributed by atoms with E-state index in [0.29, 0.717) is 52.7 Å². The zero-order valence-electron chi connectivity index (χ0n) is 18.1. The number of nitrogens with zero attached hydrogens (tertiary/aromatic N) is 5. The number of phenolic OH excluding ortho intramolecular Hbond substituents is 1. The maximum Gasteiger partial charge on any atom is 0.251 e. The molecule has 0 aliphatic carbocycles. The number of amides is 1. The van der Waals surface area contributed by atoms with Crippen LogP contribution in [-0.2, 0) is 6.42 Å². The van der Waals surface area contributed by atoms with Crippen LogP contribution >= 0.6 is 0 Å². The number of methoxy groups -OCH3 is 1. The number of hydrogen-bond acceptors (Lipinski definition) is 8. The molecule has 0 aliphatic rings. The summed E-state index contributed by atoms with van der Waals surface area (Å²) in [4.78, 5) is 24.6. The van der Waals surface area contributed by atoms with E-state index in [4.69, 9.17) is 4.74 Å². The predicted octanol–water partition coefficient (Wildman–Crippen LogP) is 2.49. The average Bonchev–Trinajstić information content (AvgIpc) is 3.53. The number of aromatic amines is 2. The van der Waals surface area contributed by atoms with Gasteiger partial charge in [-0.1, -0.05) is 11.3 Å². The summed E-state index contributed by atoms with van der Waals surface area (Å²) in [5.74, 6) is 1.34. The fourth-order valence-corrected chi connectivity index (χ4v) is 3.62. The minimum absolute atomic E-state index is 0.0742. The van der Waals surface area contributed by atoms with Crippen molar-refractivity contribution in [2.45, 2.75) is 6.42 Å². The molecule has 0 atom stereocenters. The lowest BCUT2D eigenvalue weighted by Crippen LogP contribution is -2.25. The first-order valence-corrected chi connectivity index (χ1v) is 10.5. The van der Waals surface area contributed by atoms with Gasteiger partial charge in [-0.2, -0.15) is 5.21 Å². The third-order valence-electron chi connectivity index (χ3n) is 5.29. The molecule has 3 aromatic heterocycles. The van der Waals surface area contributed by atoms with E-state index in [2.05, 4.69) is 40.9 Å². The SMILES string of the molecule is COc1ncccc1-c1ccc(O)c(-c2nc3ccc(C(=O)NCCc4nn[nH]n4)cc3[nH]2)c1. The van der Waals surface area contributed by atoms with Crippen LogP contribution in [0.25, 0.3) is 33.5 Å². The van der Waals surface area contributed by atoms with Crippen molar-refractivity contribution in [1.82, 2.24) is 40.9 Å². The van der Waals surface area contributed by atoms with Gasteiger partial charge in [0.1, 0.15) is 11.6 Å². The number of aromatic hydroxyl groups is 1. The van der Waals surface area contributed by atoms with Crippen LogP contribution < -0.4 is 10.1 Å². The first-order chi connectivity index (χ1) is 16.6. The Hall–Kier alpha value is -4.80. The van der Waals surface area contributed by atoms with Crippen molar-refractivity contribution in [3.05, 3.63) is 66.1 Å². The standard InChI is InChI=1S/C23H20N8O3/c1-34-23-15(3-2-9-25-23)13-5-7-19(32)16(11-13)21-26-17-6-4-14(12-18(17)27-21)22(33)24-10-8-20-28-30-31-29-20/h2-7,9,11-12,32H,8,10H2,1H3,(H,24,33)(H,26,27)(H,28,29,30,31). The van der Waals surface area contributed by atoms with Crippen LogP contribution in [0.5, 0.6) is 11.6 Å². The summed E-state index contributed by atoms with van der Waals surface area (Å²) in [5.41, 5.74) is 3.95. The molecule has 3 heterocycles. The minimum Gasteiger partial charge on any atom is -0.507 e. The maximum absolute atomic E-state index is 12.5. The van der Waals surface area contributed by atoms with Gasteiger partial charge in [0, 0.05) is 30.3 Å². The maximum atomic E-state index is 12.5. The van der Waals surface area contributed by atoms with Gasteiger partial charge in [0.15, 0.2) is 5.82 Å². The zero-order valence-corrected chi connectivity index (χ0v) is 18.1. The van der Waals surface area contributed by atoms with Gasteiger partial charge in [0.25, 0.3) is 5.91 Å². The van der Waals surface area contributed by atoms with Crippen molar-refractivity contribution >= 4 is 16.9 Å². The molecule has 34 heavy (non-hydrogen) atoms. The number of fused-ring (bicyclic) bond motifs is 1. The van der Waals surface area contributed by atoms with Gasteiger partial charge in [-0.25, -0.2) is 9.97 Å². The van der Waals surface area contributed by atoms with Gasteiger partial charge < -0.3 is 20.1 Å². The molecule has 0 saturated carbocycles. The molecule has 0 spiro atoms. The number of hydrogen-bond donors (Lipinski definition) is 4. The van der Waals surface area contributed by atoms with Gasteiger partial charge in [0.2, 0.25) is 5.88 Å². The van der Waals surface area contributed by atoms with Gasteiger partial charge in [0.05, 0.1) is 23.7 Å².